The van der Waals surface area contributed by atoms with Gasteiger partial charge in [0.2, 0.25) is 5.95 Å². The summed E-state index contributed by atoms with van der Waals surface area (Å²) >= 11 is 0. The van der Waals surface area contributed by atoms with Crippen molar-refractivity contribution in [3.05, 3.63) is 66.7 Å². The maximum Gasteiger partial charge on any atom is 0.329 e. The Labute approximate surface area is 213 Å². The molecule has 4 aromatic rings. The number of nitrogen functional groups attached to an aromatic ring is 1. The monoisotopic (exact) mass is 521 g/mol. The van der Waals surface area contributed by atoms with Crippen molar-refractivity contribution in [2.75, 3.05) is 34.9 Å². The maximum absolute atomic E-state index is 15.0. The van der Waals surface area contributed by atoms with E-state index in [0.717, 1.165) is 6.26 Å². The van der Waals surface area contributed by atoms with Crippen LogP contribution in [0, 0.1) is 5.82 Å². The van der Waals surface area contributed by atoms with Gasteiger partial charge in [0.05, 0.1) is 16.3 Å². The lowest BCUT2D eigenvalue weighted by atomic mass is 10.0. The molecule has 0 spiro atoms. The molecule has 0 unspecified atom stereocenters. The molecule has 0 bridgehead atoms. The zero-order chi connectivity index (χ0) is 26.3. The average Bonchev–Trinajstić information content (AvgIpc) is 3.48. The first-order chi connectivity index (χ1) is 17.7. The Morgan fingerprint density at radius 1 is 1.05 bits per heavy atom. The fourth-order valence-corrected chi connectivity index (χ4v) is 4.88. The molecule has 2 amide bonds. The fraction of sp³-hybridized carbons (Fsp3) is 0.200. The Bertz CT molecular complexity index is 1600. The van der Waals surface area contributed by atoms with Crippen molar-refractivity contribution in [3.8, 4) is 22.5 Å². The minimum absolute atomic E-state index is 0.113. The van der Waals surface area contributed by atoms with E-state index in [-0.39, 0.29) is 23.1 Å². The third-order valence-corrected chi connectivity index (χ3v) is 7.26. The number of halogens is 1. The summed E-state index contributed by atoms with van der Waals surface area (Å²) in [6, 6.07) is 11.9. The second-order valence-electron chi connectivity index (χ2n) is 8.57. The number of carbonyl (C=O) groups is 1. The van der Waals surface area contributed by atoms with Crippen LogP contribution in [-0.2, 0) is 16.4 Å². The molecule has 2 aromatic carbocycles. The van der Waals surface area contributed by atoms with E-state index >= 15 is 4.39 Å². The van der Waals surface area contributed by atoms with Gasteiger partial charge in [0.1, 0.15) is 11.5 Å². The number of amides is 2. The van der Waals surface area contributed by atoms with Crippen molar-refractivity contribution >= 4 is 33.2 Å². The molecule has 0 aliphatic carbocycles. The number of hydrogen-bond donors (Lipinski definition) is 1. The lowest BCUT2D eigenvalue weighted by Gasteiger charge is -2.20. The Morgan fingerprint density at radius 3 is 2.46 bits per heavy atom. The van der Waals surface area contributed by atoms with Crippen LogP contribution in [-0.4, -0.2) is 53.5 Å². The number of aryl methyl sites for hydroxylation is 1. The standard InChI is InChI=1S/C25H24FN7O3S/c1-3-31-15-19(23(30-31)21-10-11-28-24(27)29-21)16-4-9-20(26)22(14-16)33-13-12-32(25(33)34)17-5-7-18(8-6-17)37(2,35)36/h4-11,14-15H,3,12-13H2,1-2H3,(H2,27,28,29). The van der Waals surface area contributed by atoms with Crippen LogP contribution < -0.4 is 15.5 Å². The smallest absolute Gasteiger partial charge is 0.329 e. The van der Waals surface area contributed by atoms with Gasteiger partial charge in [-0.1, -0.05) is 6.07 Å². The number of nitrogens with two attached hydrogens (primary N) is 1. The van der Waals surface area contributed by atoms with E-state index in [1.165, 1.54) is 28.0 Å². The third-order valence-electron chi connectivity index (χ3n) is 6.14. The van der Waals surface area contributed by atoms with Crippen LogP contribution in [0.1, 0.15) is 6.92 Å². The Balaban J connectivity index is 1.49. The predicted octanol–water partition coefficient (Wildman–Crippen LogP) is 3.60. The zero-order valence-corrected chi connectivity index (χ0v) is 21.0. The summed E-state index contributed by atoms with van der Waals surface area (Å²) in [5, 5.41) is 4.60. The highest BCUT2D eigenvalue weighted by Crippen LogP contribution is 2.35. The van der Waals surface area contributed by atoms with E-state index in [4.69, 9.17) is 5.73 Å². The van der Waals surface area contributed by atoms with Crippen molar-refractivity contribution in [1.29, 1.82) is 0 Å². The number of anilines is 3. The van der Waals surface area contributed by atoms with Crippen LogP contribution in [0.3, 0.4) is 0 Å². The van der Waals surface area contributed by atoms with Gasteiger partial charge < -0.3 is 5.73 Å². The lowest BCUT2D eigenvalue weighted by molar-refractivity contribution is 0.255. The molecule has 10 nitrogen and oxygen atoms in total. The SMILES string of the molecule is CCn1cc(-c2ccc(F)c(N3CCN(c4ccc(S(C)(=O)=O)cc4)C3=O)c2)c(-c2ccnc(N)n2)n1. The van der Waals surface area contributed by atoms with Crippen molar-refractivity contribution in [3.63, 3.8) is 0 Å². The number of sulfone groups is 1. The van der Waals surface area contributed by atoms with Gasteiger partial charge in [0, 0.05) is 49.5 Å². The van der Waals surface area contributed by atoms with Crippen LogP contribution in [0.15, 0.2) is 65.8 Å². The van der Waals surface area contributed by atoms with Crippen molar-refractivity contribution in [2.45, 2.75) is 18.4 Å². The van der Waals surface area contributed by atoms with Crippen molar-refractivity contribution < 1.29 is 17.6 Å². The molecule has 1 fully saturated rings. The van der Waals surface area contributed by atoms with Gasteiger partial charge in [-0.15, -0.1) is 0 Å². The van der Waals surface area contributed by atoms with E-state index in [1.807, 2.05) is 13.1 Å². The van der Waals surface area contributed by atoms with Crippen LogP contribution >= 0.6 is 0 Å². The molecular formula is C25H24FN7O3S. The molecular weight excluding hydrogens is 497 g/mol. The molecule has 5 rings (SSSR count). The molecule has 1 aliphatic rings. The summed E-state index contributed by atoms with van der Waals surface area (Å²) in [7, 11) is -3.36. The van der Waals surface area contributed by atoms with Crippen LogP contribution in [0.2, 0.25) is 0 Å². The highest BCUT2D eigenvalue weighted by atomic mass is 32.2. The summed E-state index contributed by atoms with van der Waals surface area (Å²) < 4.78 is 40.3. The molecule has 12 heteroatoms. The molecule has 1 aliphatic heterocycles. The minimum atomic E-state index is -3.36. The first kappa shape index (κ1) is 24.4. The molecule has 37 heavy (non-hydrogen) atoms. The highest BCUT2D eigenvalue weighted by molar-refractivity contribution is 7.90. The number of nitrogens with zero attached hydrogens (tertiary/aromatic N) is 6. The van der Waals surface area contributed by atoms with Gasteiger partial charge in [0.25, 0.3) is 0 Å². The summed E-state index contributed by atoms with van der Waals surface area (Å²) in [4.78, 5) is 24.5. The highest BCUT2D eigenvalue weighted by Gasteiger charge is 2.32. The van der Waals surface area contributed by atoms with E-state index in [9.17, 15) is 13.2 Å². The number of urea groups is 1. The van der Waals surface area contributed by atoms with Gasteiger partial charge >= 0.3 is 6.03 Å². The number of benzene rings is 2. The molecule has 1 saturated heterocycles. The largest absolute Gasteiger partial charge is 0.368 e. The molecule has 2 aromatic heterocycles. The molecule has 2 N–H and O–H groups in total. The number of carbonyl (C=O) groups excluding carboxylic acids is 1. The van der Waals surface area contributed by atoms with Gasteiger partial charge in [-0.05, 0) is 55.0 Å². The topological polar surface area (TPSA) is 127 Å². The summed E-state index contributed by atoms with van der Waals surface area (Å²) in [5.41, 5.74) is 8.90. The van der Waals surface area contributed by atoms with E-state index in [2.05, 4.69) is 15.1 Å². The van der Waals surface area contributed by atoms with Gasteiger partial charge in [-0.3, -0.25) is 14.5 Å². The minimum Gasteiger partial charge on any atom is -0.368 e. The van der Waals surface area contributed by atoms with Crippen LogP contribution in [0.5, 0.6) is 0 Å². The Kier molecular flexibility index (Phi) is 6.12. The second kappa shape index (κ2) is 9.28. The molecule has 0 saturated carbocycles. The third kappa shape index (κ3) is 4.62. The number of hydrogen-bond acceptors (Lipinski definition) is 7. The van der Waals surface area contributed by atoms with Crippen molar-refractivity contribution in [2.24, 2.45) is 0 Å². The number of rotatable bonds is 6. The van der Waals surface area contributed by atoms with E-state index < -0.39 is 21.7 Å². The Morgan fingerprint density at radius 2 is 1.78 bits per heavy atom. The quantitative estimate of drug-likeness (QED) is 0.411. The Hall–Kier alpha value is -4.32. The maximum atomic E-state index is 15.0. The summed E-state index contributed by atoms with van der Waals surface area (Å²) in [6.07, 6.45) is 4.50. The van der Waals surface area contributed by atoms with E-state index in [1.54, 1.807) is 41.2 Å². The molecule has 190 valence electrons. The van der Waals surface area contributed by atoms with E-state index in [0.29, 0.717) is 41.3 Å². The summed E-state index contributed by atoms with van der Waals surface area (Å²) in [5.74, 6) is -0.427. The summed E-state index contributed by atoms with van der Waals surface area (Å²) in [6.45, 7) is 3.14. The first-order valence-electron chi connectivity index (χ1n) is 11.5. The molecule has 0 atom stereocenters. The fourth-order valence-electron chi connectivity index (χ4n) is 4.25. The van der Waals surface area contributed by atoms with Gasteiger partial charge in [-0.2, -0.15) is 5.10 Å². The second-order valence-corrected chi connectivity index (χ2v) is 10.6. The van der Waals surface area contributed by atoms with Crippen molar-refractivity contribution in [1.82, 2.24) is 19.7 Å². The van der Waals surface area contributed by atoms with Gasteiger partial charge in [-0.25, -0.2) is 27.6 Å². The molecule has 3 heterocycles. The molecule has 0 radical (unpaired) electrons. The van der Waals surface area contributed by atoms with Crippen LogP contribution in [0.25, 0.3) is 22.5 Å². The zero-order valence-electron chi connectivity index (χ0n) is 20.2. The first-order valence-corrected chi connectivity index (χ1v) is 13.4. The predicted molar refractivity (Wildman–Crippen MR) is 138 cm³/mol. The normalized spacial score (nSPS) is 14.0. The lowest BCUT2D eigenvalue weighted by Crippen LogP contribution is -2.32. The van der Waals surface area contributed by atoms with Gasteiger partial charge in [0.15, 0.2) is 9.84 Å². The van der Waals surface area contributed by atoms with Crippen LogP contribution in [0.4, 0.5) is 26.5 Å². The number of aromatic nitrogens is 4. The average molecular weight is 522 g/mol.